The van der Waals surface area contributed by atoms with Gasteiger partial charge < -0.3 is 0 Å². The standard InChI is InChI=1S/C16H19F3N2O3S/c1-9-10(7-22)25-13-11(9)12(23)21(8-15(2,3)4)14(24)20(13)6-5-16(17,18)19/h7H,5-6,8H2,1-4H3. The van der Waals surface area contributed by atoms with Gasteiger partial charge in [-0.2, -0.15) is 13.2 Å². The monoisotopic (exact) mass is 376 g/mol. The molecule has 0 spiro atoms. The highest BCUT2D eigenvalue weighted by Crippen LogP contribution is 2.28. The third kappa shape index (κ3) is 4.02. The van der Waals surface area contributed by atoms with Crippen molar-refractivity contribution in [3.63, 3.8) is 0 Å². The Morgan fingerprint density at radius 3 is 2.20 bits per heavy atom. The van der Waals surface area contributed by atoms with Crippen LogP contribution in [0, 0.1) is 12.3 Å². The minimum absolute atomic E-state index is 0.0678. The first kappa shape index (κ1) is 19.4. The molecule has 5 nitrogen and oxygen atoms in total. The summed E-state index contributed by atoms with van der Waals surface area (Å²) in [7, 11) is 0. The molecule has 2 heterocycles. The Balaban J connectivity index is 2.82. The molecule has 2 aromatic rings. The second-order valence-corrected chi connectivity index (χ2v) is 8.17. The predicted octanol–water partition coefficient (Wildman–Crippen LogP) is 3.34. The van der Waals surface area contributed by atoms with Crippen molar-refractivity contribution >= 4 is 27.8 Å². The van der Waals surface area contributed by atoms with Crippen LogP contribution in [0.15, 0.2) is 9.59 Å². The Bertz CT molecular complexity index is 930. The van der Waals surface area contributed by atoms with Crippen molar-refractivity contribution in [1.82, 2.24) is 9.13 Å². The van der Waals surface area contributed by atoms with Crippen molar-refractivity contribution in [2.75, 3.05) is 0 Å². The van der Waals surface area contributed by atoms with Crippen LogP contribution in [-0.2, 0) is 13.1 Å². The van der Waals surface area contributed by atoms with E-state index < -0.39 is 35.8 Å². The van der Waals surface area contributed by atoms with Crippen LogP contribution in [0.2, 0.25) is 0 Å². The Hall–Kier alpha value is -1.90. The maximum Gasteiger partial charge on any atom is 0.390 e. The number of fused-ring (bicyclic) bond motifs is 1. The number of carbonyl (C=O) groups is 1. The summed E-state index contributed by atoms with van der Waals surface area (Å²) >= 11 is 0.870. The van der Waals surface area contributed by atoms with Crippen molar-refractivity contribution in [1.29, 1.82) is 0 Å². The number of nitrogens with zero attached hydrogens (tertiary/aromatic N) is 2. The van der Waals surface area contributed by atoms with Crippen molar-refractivity contribution in [2.24, 2.45) is 5.41 Å². The number of aromatic nitrogens is 2. The van der Waals surface area contributed by atoms with Crippen LogP contribution in [0.1, 0.15) is 42.4 Å². The fourth-order valence-corrected chi connectivity index (χ4v) is 3.71. The molecule has 0 atom stereocenters. The summed E-state index contributed by atoms with van der Waals surface area (Å²) in [4.78, 5) is 37.0. The molecule has 0 fully saturated rings. The highest BCUT2D eigenvalue weighted by atomic mass is 32.1. The summed E-state index contributed by atoms with van der Waals surface area (Å²) in [5.41, 5.74) is -1.38. The molecule has 0 aromatic carbocycles. The predicted molar refractivity (Wildman–Crippen MR) is 90.6 cm³/mol. The van der Waals surface area contributed by atoms with Gasteiger partial charge in [-0.05, 0) is 17.9 Å². The summed E-state index contributed by atoms with van der Waals surface area (Å²) in [6.45, 7) is 6.49. The highest BCUT2D eigenvalue weighted by molar-refractivity contribution is 7.20. The van der Waals surface area contributed by atoms with Crippen molar-refractivity contribution < 1.29 is 18.0 Å². The van der Waals surface area contributed by atoms with Crippen LogP contribution >= 0.6 is 11.3 Å². The molecule has 9 heteroatoms. The molecule has 138 valence electrons. The smallest absolute Gasteiger partial charge is 0.297 e. The van der Waals surface area contributed by atoms with E-state index in [1.54, 1.807) is 6.92 Å². The van der Waals surface area contributed by atoms with Gasteiger partial charge >= 0.3 is 11.9 Å². The van der Waals surface area contributed by atoms with Crippen LogP contribution < -0.4 is 11.2 Å². The molecule has 2 aromatic heterocycles. The number of carbonyl (C=O) groups excluding carboxylic acids is 1. The molecule has 25 heavy (non-hydrogen) atoms. The maximum atomic E-state index is 12.7. The Morgan fingerprint density at radius 1 is 1.12 bits per heavy atom. The van der Waals surface area contributed by atoms with E-state index in [0.29, 0.717) is 11.8 Å². The zero-order valence-corrected chi connectivity index (χ0v) is 15.2. The van der Waals surface area contributed by atoms with Crippen LogP contribution in [0.3, 0.4) is 0 Å². The third-order valence-electron chi connectivity index (χ3n) is 3.69. The molecule has 0 saturated heterocycles. The molecule has 2 rings (SSSR count). The molecule has 0 N–H and O–H groups in total. The van der Waals surface area contributed by atoms with E-state index in [4.69, 9.17) is 0 Å². The zero-order chi connectivity index (χ0) is 19.2. The van der Waals surface area contributed by atoms with Gasteiger partial charge in [-0.1, -0.05) is 20.8 Å². The molecule has 0 aliphatic heterocycles. The van der Waals surface area contributed by atoms with Crippen molar-refractivity contribution in [3.05, 3.63) is 31.3 Å². The van der Waals surface area contributed by atoms with E-state index in [2.05, 4.69) is 0 Å². The molecule has 0 unspecified atom stereocenters. The minimum atomic E-state index is -4.43. The summed E-state index contributed by atoms with van der Waals surface area (Å²) in [6, 6.07) is 0. The highest BCUT2D eigenvalue weighted by Gasteiger charge is 2.29. The molecular formula is C16H19F3N2O3S. The molecule has 0 bridgehead atoms. The maximum absolute atomic E-state index is 12.7. The van der Waals surface area contributed by atoms with E-state index >= 15 is 0 Å². The first-order valence-corrected chi connectivity index (χ1v) is 8.46. The van der Waals surface area contributed by atoms with Crippen LogP contribution in [0.25, 0.3) is 10.2 Å². The summed E-state index contributed by atoms with van der Waals surface area (Å²) in [6.07, 6.45) is -5.08. The average Bonchev–Trinajstić information content (AvgIpc) is 2.78. The van der Waals surface area contributed by atoms with Gasteiger partial charge in [0.25, 0.3) is 5.56 Å². The molecule has 0 amide bonds. The lowest BCUT2D eigenvalue weighted by molar-refractivity contribution is -0.136. The Labute approximate surface area is 145 Å². The fourth-order valence-electron chi connectivity index (χ4n) is 2.57. The van der Waals surface area contributed by atoms with Crippen molar-refractivity contribution in [3.8, 4) is 0 Å². The number of hydrogen-bond donors (Lipinski definition) is 0. The number of aryl methyl sites for hydroxylation is 2. The van der Waals surface area contributed by atoms with E-state index in [0.717, 1.165) is 20.5 Å². The second-order valence-electron chi connectivity index (χ2n) is 7.14. The van der Waals surface area contributed by atoms with Crippen LogP contribution in [-0.4, -0.2) is 21.6 Å². The lowest BCUT2D eigenvalue weighted by Crippen LogP contribution is -2.42. The van der Waals surface area contributed by atoms with Gasteiger partial charge in [-0.15, -0.1) is 11.3 Å². The lowest BCUT2D eigenvalue weighted by atomic mass is 9.97. The third-order valence-corrected chi connectivity index (χ3v) is 4.93. The normalized spacial score (nSPS) is 12.8. The second kappa shape index (κ2) is 6.44. The van der Waals surface area contributed by atoms with Gasteiger partial charge in [0, 0.05) is 13.1 Å². The zero-order valence-electron chi connectivity index (χ0n) is 14.4. The largest absolute Gasteiger partial charge is 0.390 e. The number of alkyl halides is 3. The minimum Gasteiger partial charge on any atom is -0.297 e. The average molecular weight is 376 g/mol. The number of halogens is 3. The topological polar surface area (TPSA) is 61.1 Å². The van der Waals surface area contributed by atoms with Gasteiger partial charge in [0.15, 0.2) is 6.29 Å². The first-order valence-electron chi connectivity index (χ1n) is 7.64. The molecule has 0 aliphatic rings. The summed E-state index contributed by atoms with van der Waals surface area (Å²) < 4.78 is 39.8. The van der Waals surface area contributed by atoms with E-state index in [-0.39, 0.29) is 21.6 Å². The lowest BCUT2D eigenvalue weighted by Gasteiger charge is -2.20. The summed E-state index contributed by atoms with van der Waals surface area (Å²) in [5.74, 6) is 0. The number of thiophene rings is 1. The number of hydrogen-bond acceptors (Lipinski definition) is 4. The molecule has 0 saturated carbocycles. The van der Waals surface area contributed by atoms with E-state index in [1.165, 1.54) is 0 Å². The van der Waals surface area contributed by atoms with Gasteiger partial charge in [0.1, 0.15) is 4.83 Å². The Morgan fingerprint density at radius 2 is 1.72 bits per heavy atom. The van der Waals surface area contributed by atoms with Crippen LogP contribution in [0.5, 0.6) is 0 Å². The SMILES string of the molecule is Cc1c(C=O)sc2c1c(=O)n(CC(C)(C)C)c(=O)n2CCC(F)(F)F. The van der Waals surface area contributed by atoms with Gasteiger partial charge in [0.05, 0.1) is 16.7 Å². The summed E-state index contributed by atoms with van der Waals surface area (Å²) in [5, 5.41) is 0.137. The molecule has 0 radical (unpaired) electrons. The van der Waals surface area contributed by atoms with E-state index in [1.807, 2.05) is 20.8 Å². The Kier molecular flexibility index (Phi) is 5.00. The van der Waals surface area contributed by atoms with E-state index in [9.17, 15) is 27.6 Å². The molecule has 0 aliphatic carbocycles. The first-order chi connectivity index (χ1) is 11.4. The van der Waals surface area contributed by atoms with Crippen LogP contribution in [0.4, 0.5) is 13.2 Å². The quantitative estimate of drug-likeness (QED) is 0.769. The number of aldehydes is 1. The van der Waals surface area contributed by atoms with Crippen molar-refractivity contribution in [2.45, 2.75) is 53.4 Å². The number of rotatable bonds is 4. The van der Waals surface area contributed by atoms with Gasteiger partial charge in [0.2, 0.25) is 0 Å². The fraction of sp³-hybridized carbons (Fsp3) is 0.562. The van der Waals surface area contributed by atoms with Gasteiger partial charge in [-0.3, -0.25) is 18.7 Å². The van der Waals surface area contributed by atoms with Gasteiger partial charge in [-0.25, -0.2) is 4.79 Å². The molecular weight excluding hydrogens is 357 g/mol.